The molecule has 8 nitrogen and oxygen atoms in total. The Bertz CT molecular complexity index is 7030. The Hall–Kier alpha value is -13.9. The van der Waals surface area contributed by atoms with Gasteiger partial charge in [-0.2, -0.15) is 0 Å². The number of nitrogens with one attached hydrogen (secondary N) is 4. The number of aromatic nitrogens is 8. The largest absolute Gasteiger partial charge is 0.354 e. The third-order valence-corrected chi connectivity index (χ3v) is 23.8. The smallest absolute Gasteiger partial charge is 0.0737 e. The van der Waals surface area contributed by atoms with Gasteiger partial charge in [0.25, 0.3) is 0 Å². The van der Waals surface area contributed by atoms with Crippen molar-refractivity contribution in [1.82, 2.24) is 39.9 Å². The molecule has 4 N–H and O–H groups in total. The third-order valence-electron chi connectivity index (χ3n) is 23.8. The molecule has 18 rings (SSSR count). The van der Waals surface area contributed by atoms with E-state index in [9.17, 15) is 0 Å². The first-order chi connectivity index (χ1) is 56.4. The maximum absolute atomic E-state index is 6.08. The number of fused-ring (bicyclic) bond motifs is 16. The summed E-state index contributed by atoms with van der Waals surface area (Å²) in [5.74, 6) is 10.1. The lowest BCUT2D eigenvalue weighted by atomic mass is 9.92. The van der Waals surface area contributed by atoms with Gasteiger partial charge < -0.3 is 19.9 Å². The highest BCUT2D eigenvalue weighted by Crippen LogP contribution is 2.47. The molecule has 0 spiro atoms. The van der Waals surface area contributed by atoms with Gasteiger partial charge in [-0.3, -0.25) is 0 Å². The number of H-pyrrole nitrogens is 4. The van der Waals surface area contributed by atoms with Crippen LogP contribution < -0.4 is 0 Å². The summed E-state index contributed by atoms with van der Waals surface area (Å²) in [4.78, 5) is 39.0. The van der Waals surface area contributed by atoms with Crippen molar-refractivity contribution in [3.63, 3.8) is 0 Å². The molecule has 0 atom stereocenters. The zero-order chi connectivity index (χ0) is 81.3. The summed E-state index contributed by atoms with van der Waals surface area (Å²) in [5.41, 5.74) is 54.1. The van der Waals surface area contributed by atoms with Crippen molar-refractivity contribution in [3.05, 3.63) is 327 Å². The topological polar surface area (TPSA) is 115 Å². The maximum atomic E-state index is 6.08. The second-order valence-corrected chi connectivity index (χ2v) is 32.9. The van der Waals surface area contributed by atoms with Gasteiger partial charge in [0.05, 0.1) is 45.6 Å². The summed E-state index contributed by atoms with van der Waals surface area (Å²) in [5, 5.41) is 0. The van der Waals surface area contributed by atoms with E-state index in [1.807, 2.05) is 0 Å². The van der Waals surface area contributed by atoms with E-state index in [0.717, 1.165) is 201 Å². The Labute approximate surface area is 685 Å². The van der Waals surface area contributed by atoms with Gasteiger partial charge in [0.15, 0.2) is 0 Å². The molecular weight excluding hydrogens is 1420 g/mol. The molecule has 10 heterocycles. The van der Waals surface area contributed by atoms with E-state index in [-0.39, 0.29) is 0 Å². The van der Waals surface area contributed by atoms with Crippen LogP contribution in [0.3, 0.4) is 0 Å². The van der Waals surface area contributed by atoms with Crippen LogP contribution in [0, 0.1) is 142 Å². The van der Waals surface area contributed by atoms with Gasteiger partial charge in [0.2, 0.25) is 0 Å². The van der Waals surface area contributed by atoms with Gasteiger partial charge in [0, 0.05) is 105 Å². The van der Waals surface area contributed by atoms with Crippen molar-refractivity contribution in [1.29, 1.82) is 0 Å². The molecule has 4 aliphatic heterocycles. The maximum Gasteiger partial charge on any atom is 0.0737 e. The predicted octanol–water partition coefficient (Wildman–Crippen LogP) is 27.6. The quantitative estimate of drug-likeness (QED) is 0.113. The number of aromatic amines is 4. The lowest BCUT2D eigenvalue weighted by Crippen LogP contribution is -1.96. The van der Waals surface area contributed by atoms with Crippen LogP contribution in [0.15, 0.2) is 170 Å². The van der Waals surface area contributed by atoms with Crippen LogP contribution in [0.5, 0.6) is 0 Å². The SMILES string of the molecule is C#Cc1cc(C)c(-c2c3nc(c(-c4c(C)cc(C)cc4C)c4ccc([nH]4)c(-c4ccc(C#Cc5ccc(-c6c7nc(c(-c8c(C)cc(C)cc8C)c8ccc([nH]8)c(-c8c(C)cc(C)cc8C)c8nc(c(-c9c(C)cc(C)cc9C)c9ccc6[nH]9)C=C8)C=C7)cc5)cc4)c4nc(c(-c5c(C)cc(C)cc5C)c5ccc2[nH]5)C=C4)C=C3)c(C)c1. The highest BCUT2D eigenvalue weighted by Gasteiger charge is 2.27. The molecule has 16 bridgehead atoms. The first-order valence-electron chi connectivity index (χ1n) is 40.4. The third kappa shape index (κ3) is 13.3. The molecule has 0 fully saturated rings. The molecule has 568 valence electrons. The average Bonchev–Trinajstić information content (AvgIpc) is 1.61. The van der Waals surface area contributed by atoms with Gasteiger partial charge in [-0.25, -0.2) is 19.9 Å². The Kier molecular flexibility index (Phi) is 18.6. The van der Waals surface area contributed by atoms with E-state index in [1.165, 1.54) is 89.0 Å². The molecule has 14 aromatic rings. The van der Waals surface area contributed by atoms with Crippen molar-refractivity contribution >= 4 is 92.7 Å². The molecular formula is C109H92N8. The number of hydrogen-bond donors (Lipinski definition) is 4. The molecule has 8 aromatic carbocycles. The van der Waals surface area contributed by atoms with Crippen LogP contribution in [-0.4, -0.2) is 39.9 Å². The molecule has 0 radical (unpaired) electrons. The Balaban J connectivity index is 0.802. The van der Waals surface area contributed by atoms with Crippen LogP contribution >= 0.6 is 0 Å². The van der Waals surface area contributed by atoms with Gasteiger partial charge in [-0.1, -0.05) is 131 Å². The zero-order valence-corrected chi connectivity index (χ0v) is 69.7. The van der Waals surface area contributed by atoms with Crippen LogP contribution in [0.1, 0.15) is 157 Å². The van der Waals surface area contributed by atoms with Crippen molar-refractivity contribution in [3.8, 4) is 113 Å². The second-order valence-electron chi connectivity index (χ2n) is 32.9. The Morgan fingerprint density at radius 1 is 0.197 bits per heavy atom. The molecule has 0 unspecified atom stereocenters. The van der Waals surface area contributed by atoms with Crippen molar-refractivity contribution in [2.24, 2.45) is 0 Å². The summed E-state index contributed by atoms with van der Waals surface area (Å²) < 4.78 is 0. The number of aryl methyl sites for hydroxylation is 17. The highest BCUT2D eigenvalue weighted by molar-refractivity contribution is 6.05. The summed E-state index contributed by atoms with van der Waals surface area (Å²) in [7, 11) is 0. The summed E-state index contributed by atoms with van der Waals surface area (Å²) in [6, 6.07) is 62.0. The summed E-state index contributed by atoms with van der Waals surface area (Å²) in [6.07, 6.45) is 23.6. The number of benzene rings is 8. The van der Waals surface area contributed by atoms with Crippen LogP contribution in [0.4, 0.5) is 0 Å². The first kappa shape index (κ1) is 74.5. The van der Waals surface area contributed by atoms with E-state index < -0.39 is 0 Å². The zero-order valence-electron chi connectivity index (χ0n) is 69.7. The van der Waals surface area contributed by atoms with E-state index in [0.29, 0.717) is 0 Å². The van der Waals surface area contributed by atoms with E-state index in [4.69, 9.17) is 26.4 Å². The van der Waals surface area contributed by atoms with E-state index in [1.54, 1.807) is 0 Å². The molecule has 0 aliphatic carbocycles. The first-order valence-corrected chi connectivity index (χ1v) is 40.4. The lowest BCUT2D eigenvalue weighted by Gasteiger charge is -2.14. The molecule has 4 aliphatic rings. The van der Waals surface area contributed by atoms with Crippen molar-refractivity contribution in [2.45, 2.75) is 118 Å². The molecule has 8 heteroatoms. The monoisotopic (exact) mass is 1510 g/mol. The fourth-order valence-electron chi connectivity index (χ4n) is 19.5. The van der Waals surface area contributed by atoms with Crippen molar-refractivity contribution < 1.29 is 0 Å². The normalized spacial score (nSPS) is 12.1. The number of hydrogen-bond acceptors (Lipinski definition) is 4. The number of nitrogens with zero attached hydrogens (tertiary/aromatic N) is 4. The molecule has 117 heavy (non-hydrogen) atoms. The van der Waals surface area contributed by atoms with Gasteiger partial charge in [0.1, 0.15) is 0 Å². The minimum Gasteiger partial charge on any atom is -0.354 e. The fourth-order valence-corrected chi connectivity index (χ4v) is 19.5. The Morgan fingerprint density at radius 3 is 0.556 bits per heavy atom. The highest BCUT2D eigenvalue weighted by atomic mass is 14.8. The van der Waals surface area contributed by atoms with Crippen LogP contribution in [0.2, 0.25) is 0 Å². The van der Waals surface area contributed by atoms with E-state index in [2.05, 4.69) is 374 Å². The summed E-state index contributed by atoms with van der Waals surface area (Å²) in [6.45, 7) is 37.3. The van der Waals surface area contributed by atoms with E-state index >= 15 is 0 Å². The van der Waals surface area contributed by atoms with Crippen LogP contribution in [-0.2, 0) is 0 Å². The van der Waals surface area contributed by atoms with Crippen molar-refractivity contribution in [2.75, 3.05) is 0 Å². The average molecular weight is 1510 g/mol. The molecule has 0 amide bonds. The Morgan fingerprint density at radius 2 is 0.368 bits per heavy atom. The molecule has 6 aromatic heterocycles. The number of rotatable bonds is 8. The lowest BCUT2D eigenvalue weighted by molar-refractivity contribution is 1.27. The standard InChI is InChI=1S/C109H92N8/c1-19-75-56-73(17)101(74(18)57-75)109-94-44-42-90(116-94)106(98-67(11)50-60(4)51-68(98)12)86-36-32-82(112-86)103(83-33-37-87(113-83)107(91-43-45-95(109)117-91)99-69(13)52-61(5)53-70(99)14)79-28-24-77(25-29-79)21-20-76-22-26-78(27-23-76)102-80-30-34-84(110-80)104(96-63(7)46-58(2)47-64(96)8)88-38-40-92(114-88)108(100-71(15)54-62(6)55-72(100)16)93-41-39-89(115-93)105(85-35-31-81(102)111-85)97-65(9)48-59(3)49-66(97)10/h1,22-57,110,112,115,117H,2-18H3. The predicted molar refractivity (Wildman–Crippen MR) is 496 cm³/mol. The van der Waals surface area contributed by atoms with Gasteiger partial charge in [-0.05, 0) is 363 Å². The van der Waals surface area contributed by atoms with Gasteiger partial charge in [-0.15, -0.1) is 6.42 Å². The minimum atomic E-state index is 0.833. The van der Waals surface area contributed by atoms with Gasteiger partial charge >= 0.3 is 0 Å². The van der Waals surface area contributed by atoms with Crippen LogP contribution in [0.25, 0.3) is 182 Å². The molecule has 0 saturated heterocycles. The number of terminal acetylenes is 1. The minimum absolute atomic E-state index is 0.833. The fraction of sp³-hybridized carbons (Fsp3) is 0.156. The summed E-state index contributed by atoms with van der Waals surface area (Å²) >= 11 is 0. The second kappa shape index (κ2) is 29.2. The molecule has 0 saturated carbocycles.